The van der Waals surface area contributed by atoms with Crippen LogP contribution in [0.2, 0.25) is 0 Å². The van der Waals surface area contributed by atoms with Crippen LogP contribution in [0.3, 0.4) is 0 Å². The van der Waals surface area contributed by atoms with Crippen LogP contribution in [0.1, 0.15) is 29.6 Å². The Morgan fingerprint density at radius 3 is 2.96 bits per heavy atom. The number of hydrogen-bond acceptors (Lipinski definition) is 3. The van der Waals surface area contributed by atoms with Gasteiger partial charge in [-0.15, -0.1) is 0 Å². The number of rotatable bonds is 7. The molecule has 25 heavy (non-hydrogen) atoms. The molecule has 0 aliphatic carbocycles. The van der Waals surface area contributed by atoms with Crippen LogP contribution in [0.15, 0.2) is 42.5 Å². The molecule has 134 valence electrons. The standard InChI is InChI=1S/C21H28N2OS/c1-25-14-6-13-23-12-5-7-17(16-23)15-22-21(24)20-11-4-9-18-8-2-3-10-19(18)20/h2-4,8-11,17H,5-7,12-16H2,1H3,(H,22,24)/t17-/m0/s1. The van der Waals surface area contributed by atoms with Crippen molar-refractivity contribution in [2.24, 2.45) is 5.92 Å². The van der Waals surface area contributed by atoms with Gasteiger partial charge < -0.3 is 10.2 Å². The van der Waals surface area contributed by atoms with Crippen LogP contribution < -0.4 is 5.32 Å². The Morgan fingerprint density at radius 1 is 1.24 bits per heavy atom. The third-order valence-electron chi connectivity index (χ3n) is 5.01. The summed E-state index contributed by atoms with van der Waals surface area (Å²) in [6.45, 7) is 4.29. The third-order valence-corrected chi connectivity index (χ3v) is 5.71. The first-order valence-electron chi connectivity index (χ1n) is 9.25. The molecule has 1 fully saturated rings. The molecule has 1 aliphatic heterocycles. The smallest absolute Gasteiger partial charge is 0.251 e. The van der Waals surface area contributed by atoms with Gasteiger partial charge in [0.1, 0.15) is 0 Å². The van der Waals surface area contributed by atoms with E-state index in [0.29, 0.717) is 5.92 Å². The van der Waals surface area contributed by atoms with Crippen molar-refractivity contribution in [1.82, 2.24) is 10.2 Å². The molecule has 0 bridgehead atoms. The minimum atomic E-state index is 0.0521. The first-order chi connectivity index (χ1) is 12.3. The van der Waals surface area contributed by atoms with E-state index in [1.165, 1.54) is 38.1 Å². The number of nitrogens with one attached hydrogen (secondary N) is 1. The van der Waals surface area contributed by atoms with Gasteiger partial charge in [-0.1, -0.05) is 36.4 Å². The summed E-state index contributed by atoms with van der Waals surface area (Å²) in [7, 11) is 0. The van der Waals surface area contributed by atoms with Gasteiger partial charge in [-0.25, -0.2) is 0 Å². The van der Waals surface area contributed by atoms with Crippen LogP contribution in [0.4, 0.5) is 0 Å². The topological polar surface area (TPSA) is 32.3 Å². The van der Waals surface area contributed by atoms with E-state index in [1.54, 1.807) is 0 Å². The highest BCUT2D eigenvalue weighted by molar-refractivity contribution is 7.98. The summed E-state index contributed by atoms with van der Waals surface area (Å²) >= 11 is 1.92. The van der Waals surface area contributed by atoms with E-state index < -0.39 is 0 Å². The molecule has 1 N–H and O–H groups in total. The number of piperidine rings is 1. The van der Waals surface area contributed by atoms with Gasteiger partial charge in [0.05, 0.1) is 0 Å². The number of fused-ring (bicyclic) bond motifs is 1. The molecule has 1 aliphatic rings. The Balaban J connectivity index is 1.55. The molecule has 3 rings (SSSR count). The molecule has 1 heterocycles. The second kappa shape index (κ2) is 9.25. The molecule has 2 aromatic carbocycles. The van der Waals surface area contributed by atoms with Gasteiger partial charge in [0.25, 0.3) is 5.91 Å². The molecule has 3 nitrogen and oxygen atoms in total. The minimum absolute atomic E-state index is 0.0521. The van der Waals surface area contributed by atoms with E-state index in [4.69, 9.17) is 0 Å². The highest BCUT2D eigenvalue weighted by Crippen LogP contribution is 2.19. The van der Waals surface area contributed by atoms with E-state index >= 15 is 0 Å². The van der Waals surface area contributed by atoms with Gasteiger partial charge in [-0.3, -0.25) is 4.79 Å². The maximum absolute atomic E-state index is 12.7. The van der Waals surface area contributed by atoms with E-state index in [0.717, 1.165) is 29.4 Å². The van der Waals surface area contributed by atoms with Crippen LogP contribution >= 0.6 is 11.8 Å². The third kappa shape index (κ3) is 4.99. The number of carbonyl (C=O) groups is 1. The van der Waals surface area contributed by atoms with Crippen molar-refractivity contribution in [2.75, 3.05) is 38.2 Å². The molecule has 0 unspecified atom stereocenters. The van der Waals surface area contributed by atoms with Crippen LogP contribution in [0.5, 0.6) is 0 Å². The fourth-order valence-electron chi connectivity index (χ4n) is 3.71. The second-order valence-corrected chi connectivity index (χ2v) is 7.88. The molecular formula is C21H28N2OS. The quantitative estimate of drug-likeness (QED) is 0.760. The van der Waals surface area contributed by atoms with Crippen LogP contribution in [-0.4, -0.2) is 49.0 Å². The Hall–Kier alpha value is -1.52. The molecule has 1 saturated heterocycles. The van der Waals surface area contributed by atoms with Gasteiger partial charge in [0.15, 0.2) is 0 Å². The highest BCUT2D eigenvalue weighted by Gasteiger charge is 2.20. The van der Waals surface area contributed by atoms with Crippen molar-refractivity contribution in [3.8, 4) is 0 Å². The summed E-state index contributed by atoms with van der Waals surface area (Å²) in [4.78, 5) is 15.2. The van der Waals surface area contributed by atoms with Gasteiger partial charge in [0.2, 0.25) is 0 Å². The molecule has 4 heteroatoms. The van der Waals surface area contributed by atoms with E-state index in [1.807, 2.05) is 42.1 Å². The molecular weight excluding hydrogens is 328 g/mol. The molecule has 2 aromatic rings. The van der Waals surface area contributed by atoms with E-state index in [-0.39, 0.29) is 5.91 Å². The van der Waals surface area contributed by atoms with Crippen LogP contribution in [0.25, 0.3) is 10.8 Å². The van der Waals surface area contributed by atoms with E-state index in [2.05, 4.69) is 28.6 Å². The fraction of sp³-hybridized carbons (Fsp3) is 0.476. The van der Waals surface area contributed by atoms with Crippen molar-refractivity contribution in [3.63, 3.8) is 0 Å². The average molecular weight is 357 g/mol. The number of likely N-dealkylation sites (tertiary alicyclic amines) is 1. The van der Waals surface area contributed by atoms with Crippen molar-refractivity contribution in [1.29, 1.82) is 0 Å². The summed E-state index contributed by atoms with van der Waals surface area (Å²) in [5.74, 6) is 1.86. The van der Waals surface area contributed by atoms with Crippen LogP contribution in [0, 0.1) is 5.92 Å². The maximum Gasteiger partial charge on any atom is 0.251 e. The van der Waals surface area contributed by atoms with Crippen molar-refractivity contribution < 1.29 is 4.79 Å². The van der Waals surface area contributed by atoms with Gasteiger partial charge >= 0.3 is 0 Å². The van der Waals surface area contributed by atoms with Crippen molar-refractivity contribution in [3.05, 3.63) is 48.0 Å². The largest absolute Gasteiger partial charge is 0.352 e. The molecule has 0 radical (unpaired) electrons. The molecule has 0 saturated carbocycles. The number of thioether (sulfide) groups is 1. The average Bonchev–Trinajstić information content (AvgIpc) is 2.66. The Morgan fingerprint density at radius 2 is 2.08 bits per heavy atom. The summed E-state index contributed by atoms with van der Waals surface area (Å²) in [5.41, 5.74) is 0.783. The lowest BCUT2D eigenvalue weighted by atomic mass is 9.97. The summed E-state index contributed by atoms with van der Waals surface area (Å²) in [6, 6.07) is 14.0. The summed E-state index contributed by atoms with van der Waals surface area (Å²) in [6.07, 6.45) is 5.89. The Kier molecular flexibility index (Phi) is 6.76. The number of nitrogens with zero attached hydrogens (tertiary/aromatic N) is 1. The molecule has 0 spiro atoms. The minimum Gasteiger partial charge on any atom is -0.352 e. The van der Waals surface area contributed by atoms with Crippen molar-refractivity contribution in [2.45, 2.75) is 19.3 Å². The second-order valence-electron chi connectivity index (χ2n) is 6.89. The number of benzene rings is 2. The zero-order valence-corrected chi connectivity index (χ0v) is 15.9. The molecule has 1 atom stereocenters. The number of carbonyl (C=O) groups excluding carboxylic acids is 1. The van der Waals surface area contributed by atoms with Gasteiger partial charge in [-0.05, 0) is 67.1 Å². The van der Waals surface area contributed by atoms with Crippen LogP contribution in [-0.2, 0) is 0 Å². The maximum atomic E-state index is 12.7. The molecule has 0 aromatic heterocycles. The van der Waals surface area contributed by atoms with E-state index in [9.17, 15) is 4.79 Å². The Bertz CT molecular complexity index is 698. The lowest BCUT2D eigenvalue weighted by Gasteiger charge is -2.32. The molecule has 1 amide bonds. The monoisotopic (exact) mass is 356 g/mol. The lowest BCUT2D eigenvalue weighted by molar-refractivity contribution is 0.0934. The predicted octanol–water partition coefficient (Wildman–Crippen LogP) is 4.03. The SMILES string of the molecule is CSCCCN1CCC[C@@H](CNC(=O)c2cccc3ccccc23)C1. The zero-order valence-electron chi connectivity index (χ0n) is 15.0. The predicted molar refractivity (Wildman–Crippen MR) is 108 cm³/mol. The first kappa shape index (κ1) is 18.3. The number of amides is 1. The fourth-order valence-corrected chi connectivity index (χ4v) is 4.13. The summed E-state index contributed by atoms with van der Waals surface area (Å²) in [5, 5.41) is 5.33. The Labute approximate surface area is 155 Å². The highest BCUT2D eigenvalue weighted by atomic mass is 32.2. The lowest BCUT2D eigenvalue weighted by Crippen LogP contribution is -2.41. The zero-order chi connectivity index (χ0) is 17.5. The first-order valence-corrected chi connectivity index (χ1v) is 10.6. The normalized spacial score (nSPS) is 18.4. The number of hydrogen-bond donors (Lipinski definition) is 1. The van der Waals surface area contributed by atoms with Crippen molar-refractivity contribution >= 4 is 28.4 Å². The van der Waals surface area contributed by atoms with Gasteiger partial charge in [-0.2, -0.15) is 11.8 Å². The van der Waals surface area contributed by atoms with Gasteiger partial charge in [0, 0.05) is 18.7 Å². The summed E-state index contributed by atoms with van der Waals surface area (Å²) < 4.78 is 0.